The molecule has 31 heavy (non-hydrogen) atoms. The van der Waals surface area contributed by atoms with Crippen LogP contribution >= 0.6 is 0 Å². The second kappa shape index (κ2) is 9.05. The van der Waals surface area contributed by atoms with Crippen LogP contribution in [0, 0.1) is 5.82 Å². The van der Waals surface area contributed by atoms with E-state index in [2.05, 4.69) is 25.3 Å². The summed E-state index contributed by atoms with van der Waals surface area (Å²) in [5.41, 5.74) is 8.84. The second-order valence-corrected chi connectivity index (χ2v) is 7.28. The van der Waals surface area contributed by atoms with E-state index in [1.807, 2.05) is 0 Å². The van der Waals surface area contributed by atoms with Crippen LogP contribution in [0.4, 0.5) is 4.39 Å². The van der Waals surface area contributed by atoms with Crippen LogP contribution in [-0.4, -0.2) is 47.3 Å². The van der Waals surface area contributed by atoms with Gasteiger partial charge in [-0.1, -0.05) is 0 Å². The average molecular weight is 422 g/mol. The molecule has 2 aromatic heterocycles. The molecule has 160 valence electrons. The van der Waals surface area contributed by atoms with Gasteiger partial charge in [0, 0.05) is 50.3 Å². The summed E-state index contributed by atoms with van der Waals surface area (Å²) in [6, 6.07) is 6.27. The maximum atomic E-state index is 14.1. The summed E-state index contributed by atoms with van der Waals surface area (Å²) >= 11 is 0. The van der Waals surface area contributed by atoms with Crippen LogP contribution in [0.3, 0.4) is 0 Å². The van der Waals surface area contributed by atoms with Crippen molar-refractivity contribution < 1.29 is 13.9 Å². The first-order valence-corrected chi connectivity index (χ1v) is 9.93. The van der Waals surface area contributed by atoms with Gasteiger partial charge in [-0.05, 0) is 41.8 Å². The van der Waals surface area contributed by atoms with E-state index in [-0.39, 0.29) is 24.1 Å². The number of allylic oxidation sites excluding steroid dienone is 1. The number of nitrogens with one attached hydrogen (secondary N) is 2. The third-order valence-corrected chi connectivity index (χ3v) is 5.14. The fourth-order valence-electron chi connectivity index (χ4n) is 3.60. The molecule has 0 spiro atoms. The molecule has 8 nitrogen and oxygen atoms in total. The molecule has 1 saturated heterocycles. The molecular weight excluding hydrogens is 399 g/mol. The molecule has 1 aliphatic rings. The van der Waals surface area contributed by atoms with E-state index in [0.29, 0.717) is 35.4 Å². The Labute approximate surface area is 178 Å². The van der Waals surface area contributed by atoms with Gasteiger partial charge in [-0.3, -0.25) is 9.79 Å². The van der Waals surface area contributed by atoms with E-state index < -0.39 is 5.82 Å². The fourth-order valence-corrected chi connectivity index (χ4v) is 3.60. The first-order valence-electron chi connectivity index (χ1n) is 9.93. The molecule has 3 aromatic rings. The smallest absolute Gasteiger partial charge is 0.272 e. The van der Waals surface area contributed by atoms with E-state index in [4.69, 9.17) is 10.5 Å². The maximum Gasteiger partial charge on any atom is 0.272 e. The highest BCUT2D eigenvalue weighted by Crippen LogP contribution is 2.25. The number of aromatic amines is 1. The number of imidazole rings is 1. The Morgan fingerprint density at radius 2 is 2.32 bits per heavy atom. The number of pyridine rings is 1. The van der Waals surface area contributed by atoms with Crippen LogP contribution in [0.2, 0.25) is 0 Å². The lowest BCUT2D eigenvalue weighted by atomic mass is 10.0. The Hall–Kier alpha value is -3.59. The predicted molar refractivity (Wildman–Crippen MR) is 116 cm³/mol. The van der Waals surface area contributed by atoms with Crippen molar-refractivity contribution in [1.29, 1.82) is 0 Å². The number of nitrogens with two attached hydrogens (primary N) is 1. The molecular formula is C22H23FN6O2. The number of fused-ring (bicyclic) bond motifs is 1. The van der Waals surface area contributed by atoms with Crippen LogP contribution in [-0.2, 0) is 11.3 Å². The Balaban J connectivity index is 1.54. The van der Waals surface area contributed by atoms with Crippen molar-refractivity contribution in [2.75, 3.05) is 20.3 Å². The van der Waals surface area contributed by atoms with E-state index >= 15 is 0 Å². The molecule has 0 bridgehead atoms. The van der Waals surface area contributed by atoms with Gasteiger partial charge in [0.2, 0.25) is 0 Å². The number of rotatable bonds is 6. The number of carbonyl (C=O) groups excluding carboxylic acids is 1. The summed E-state index contributed by atoms with van der Waals surface area (Å²) in [5, 5.41) is 2.80. The van der Waals surface area contributed by atoms with E-state index in [1.54, 1.807) is 31.6 Å². The van der Waals surface area contributed by atoms with E-state index in [1.165, 1.54) is 18.3 Å². The number of ether oxygens (including phenoxy) is 1. The second-order valence-electron chi connectivity index (χ2n) is 7.28. The van der Waals surface area contributed by atoms with Gasteiger partial charge in [-0.2, -0.15) is 0 Å². The minimum Gasteiger partial charge on any atom is -0.404 e. The SMILES string of the molecule is CN=CC(=CN)c1cc(F)cc(CNC(=O)c2nccc3[nH]c(C4CCOC4)nc23)c1. The quantitative estimate of drug-likeness (QED) is 0.528. The van der Waals surface area contributed by atoms with Gasteiger partial charge in [-0.15, -0.1) is 0 Å². The number of halogens is 1. The number of aromatic nitrogens is 3. The number of hydrogen-bond donors (Lipinski definition) is 3. The van der Waals surface area contributed by atoms with Crippen LogP contribution in [0.15, 0.2) is 41.7 Å². The van der Waals surface area contributed by atoms with Gasteiger partial charge >= 0.3 is 0 Å². The summed E-state index contributed by atoms with van der Waals surface area (Å²) in [6.45, 7) is 1.43. The predicted octanol–water partition coefficient (Wildman–Crippen LogP) is 2.53. The molecule has 0 radical (unpaired) electrons. The third kappa shape index (κ3) is 4.46. The van der Waals surface area contributed by atoms with Crippen molar-refractivity contribution in [3.05, 3.63) is 65.1 Å². The van der Waals surface area contributed by atoms with Gasteiger partial charge in [0.05, 0.1) is 12.1 Å². The minimum atomic E-state index is -0.429. The van der Waals surface area contributed by atoms with Crippen molar-refractivity contribution in [3.8, 4) is 0 Å². The highest BCUT2D eigenvalue weighted by molar-refractivity contribution is 6.09. The van der Waals surface area contributed by atoms with E-state index in [0.717, 1.165) is 17.8 Å². The summed E-state index contributed by atoms with van der Waals surface area (Å²) < 4.78 is 19.5. The number of amides is 1. The minimum absolute atomic E-state index is 0.122. The first kappa shape index (κ1) is 20.7. The monoisotopic (exact) mass is 422 g/mol. The molecule has 3 heterocycles. The van der Waals surface area contributed by atoms with Crippen LogP contribution in [0.5, 0.6) is 0 Å². The van der Waals surface area contributed by atoms with Crippen molar-refractivity contribution in [2.45, 2.75) is 18.9 Å². The van der Waals surface area contributed by atoms with Crippen molar-refractivity contribution in [2.24, 2.45) is 10.7 Å². The van der Waals surface area contributed by atoms with Gasteiger partial charge in [0.25, 0.3) is 5.91 Å². The molecule has 1 fully saturated rings. The Bertz CT molecular complexity index is 1160. The van der Waals surface area contributed by atoms with Crippen LogP contribution in [0.1, 0.15) is 39.8 Å². The topological polar surface area (TPSA) is 118 Å². The Morgan fingerprint density at radius 1 is 1.45 bits per heavy atom. The molecule has 1 unspecified atom stereocenters. The lowest BCUT2D eigenvalue weighted by Gasteiger charge is -2.08. The number of carbonyl (C=O) groups is 1. The summed E-state index contributed by atoms with van der Waals surface area (Å²) in [7, 11) is 1.61. The average Bonchev–Trinajstić information content (AvgIpc) is 3.44. The molecule has 4 rings (SSSR count). The van der Waals surface area contributed by atoms with Crippen molar-refractivity contribution in [1.82, 2.24) is 20.3 Å². The highest BCUT2D eigenvalue weighted by atomic mass is 19.1. The lowest BCUT2D eigenvalue weighted by molar-refractivity contribution is 0.0947. The van der Waals surface area contributed by atoms with Gasteiger partial charge in [-0.25, -0.2) is 14.4 Å². The molecule has 9 heteroatoms. The largest absolute Gasteiger partial charge is 0.404 e. The standard InChI is InChI=1S/C22H23FN6O2/c1-25-11-16(9-24)15-6-13(7-17(23)8-15)10-27-22(30)20-19-18(2-4-26-20)28-21(29-19)14-3-5-31-12-14/h2,4,6-9,11,14H,3,5,10,12,24H2,1H3,(H,27,30)(H,28,29). The van der Waals surface area contributed by atoms with Crippen LogP contribution in [0.25, 0.3) is 16.6 Å². The van der Waals surface area contributed by atoms with Crippen molar-refractivity contribution >= 4 is 28.7 Å². The zero-order valence-corrected chi connectivity index (χ0v) is 17.1. The van der Waals surface area contributed by atoms with E-state index in [9.17, 15) is 9.18 Å². The number of H-pyrrole nitrogens is 1. The Morgan fingerprint density at radius 3 is 3.06 bits per heavy atom. The lowest BCUT2D eigenvalue weighted by Crippen LogP contribution is -2.24. The number of benzene rings is 1. The van der Waals surface area contributed by atoms with Gasteiger partial charge in [0.1, 0.15) is 17.2 Å². The maximum absolute atomic E-state index is 14.1. The molecule has 0 aliphatic carbocycles. The summed E-state index contributed by atoms with van der Waals surface area (Å²) in [5.74, 6) is 0.164. The number of aliphatic imine (C=N–C) groups is 1. The van der Waals surface area contributed by atoms with Crippen molar-refractivity contribution in [3.63, 3.8) is 0 Å². The molecule has 1 aliphatic heterocycles. The fraction of sp³-hybridized carbons (Fsp3) is 0.273. The van der Waals surface area contributed by atoms with Gasteiger partial charge in [0.15, 0.2) is 5.69 Å². The zero-order valence-electron chi connectivity index (χ0n) is 17.1. The molecule has 1 atom stereocenters. The summed E-state index contributed by atoms with van der Waals surface area (Å²) in [4.78, 5) is 28.8. The molecule has 1 aromatic carbocycles. The normalized spacial score (nSPS) is 17.0. The van der Waals surface area contributed by atoms with Gasteiger partial charge < -0.3 is 20.8 Å². The molecule has 4 N–H and O–H groups in total. The zero-order chi connectivity index (χ0) is 21.8. The molecule has 1 amide bonds. The number of nitrogens with zero attached hydrogens (tertiary/aromatic N) is 3. The number of hydrogen-bond acceptors (Lipinski definition) is 6. The third-order valence-electron chi connectivity index (χ3n) is 5.14. The van der Waals surface area contributed by atoms with Crippen LogP contribution < -0.4 is 11.1 Å². The highest BCUT2D eigenvalue weighted by Gasteiger charge is 2.23. The Kier molecular flexibility index (Phi) is 6.03. The first-order chi connectivity index (χ1) is 15.1. The molecule has 0 saturated carbocycles. The summed E-state index contributed by atoms with van der Waals surface area (Å²) in [6.07, 6.45) is 5.36.